The molecule has 1 aromatic rings. The first-order valence-electron chi connectivity index (χ1n) is 9.14. The van der Waals surface area contributed by atoms with E-state index in [0.717, 1.165) is 32.1 Å². The highest BCUT2D eigenvalue weighted by Crippen LogP contribution is 2.17. The summed E-state index contributed by atoms with van der Waals surface area (Å²) in [5.41, 5.74) is 1.26. The van der Waals surface area contributed by atoms with Crippen LogP contribution >= 0.6 is 0 Å². The number of nitrogens with one attached hydrogen (secondary N) is 1. The maximum absolute atomic E-state index is 12.4. The number of benzene rings is 1. The molecule has 2 aliphatic rings. The largest absolute Gasteiger partial charge is 0.341 e. The SMILES string of the molecule is O=C1CC(NS(=O)(=O)N2CCCCC2)CN1CCCc1ccccc1. The molecule has 2 fully saturated rings. The highest BCUT2D eigenvalue weighted by atomic mass is 32.2. The van der Waals surface area contributed by atoms with Crippen LogP contribution < -0.4 is 4.72 Å². The number of rotatable bonds is 7. The fraction of sp³-hybridized carbons (Fsp3) is 0.611. The molecule has 2 heterocycles. The van der Waals surface area contributed by atoms with Crippen molar-refractivity contribution >= 4 is 16.1 Å². The van der Waals surface area contributed by atoms with Gasteiger partial charge in [-0.3, -0.25) is 4.79 Å². The zero-order valence-electron chi connectivity index (χ0n) is 14.6. The van der Waals surface area contributed by atoms with Crippen LogP contribution in [0.25, 0.3) is 0 Å². The van der Waals surface area contributed by atoms with Crippen LogP contribution in [-0.4, -0.2) is 55.8 Å². The molecular weight excluding hydrogens is 338 g/mol. The average molecular weight is 365 g/mol. The molecule has 25 heavy (non-hydrogen) atoms. The second kappa shape index (κ2) is 8.29. The lowest BCUT2D eigenvalue weighted by Gasteiger charge is -2.27. The monoisotopic (exact) mass is 365 g/mol. The number of carbonyl (C=O) groups excluding carboxylic acids is 1. The molecule has 0 aliphatic carbocycles. The Morgan fingerprint density at radius 2 is 1.80 bits per heavy atom. The predicted molar refractivity (Wildman–Crippen MR) is 97.2 cm³/mol. The summed E-state index contributed by atoms with van der Waals surface area (Å²) in [5, 5.41) is 0. The van der Waals surface area contributed by atoms with Crippen molar-refractivity contribution in [1.29, 1.82) is 0 Å². The zero-order valence-corrected chi connectivity index (χ0v) is 15.4. The third-order valence-electron chi connectivity index (χ3n) is 4.92. The Morgan fingerprint density at radius 3 is 2.52 bits per heavy atom. The van der Waals surface area contributed by atoms with Crippen molar-refractivity contribution in [3.05, 3.63) is 35.9 Å². The predicted octanol–water partition coefficient (Wildman–Crippen LogP) is 1.54. The average Bonchev–Trinajstić information content (AvgIpc) is 2.95. The minimum Gasteiger partial charge on any atom is -0.341 e. The number of carbonyl (C=O) groups is 1. The van der Waals surface area contributed by atoms with E-state index in [4.69, 9.17) is 0 Å². The van der Waals surface area contributed by atoms with Crippen LogP contribution in [0.3, 0.4) is 0 Å². The molecule has 0 saturated carbocycles. The molecule has 1 unspecified atom stereocenters. The third kappa shape index (κ3) is 5.03. The molecule has 1 aromatic carbocycles. The summed E-state index contributed by atoms with van der Waals surface area (Å²) < 4.78 is 29.1. The lowest BCUT2D eigenvalue weighted by Crippen LogP contribution is -2.48. The fourth-order valence-corrected chi connectivity index (χ4v) is 5.04. The number of amides is 1. The van der Waals surface area contributed by atoms with Gasteiger partial charge >= 0.3 is 0 Å². The molecular formula is C18H27N3O3S. The first-order valence-corrected chi connectivity index (χ1v) is 10.6. The zero-order chi connectivity index (χ0) is 17.7. The highest BCUT2D eigenvalue weighted by molar-refractivity contribution is 7.87. The summed E-state index contributed by atoms with van der Waals surface area (Å²) >= 11 is 0. The molecule has 0 radical (unpaired) electrons. The van der Waals surface area contributed by atoms with E-state index in [1.807, 2.05) is 18.2 Å². The maximum atomic E-state index is 12.4. The second-order valence-corrected chi connectivity index (χ2v) is 8.61. The van der Waals surface area contributed by atoms with Crippen LogP contribution in [0.15, 0.2) is 30.3 Å². The second-order valence-electron chi connectivity index (χ2n) is 6.91. The lowest BCUT2D eigenvalue weighted by atomic mass is 10.1. The Bertz CT molecular complexity index is 672. The standard InChI is InChI=1S/C18H27N3O3S/c22-18-14-17(19-25(23,24)21-12-5-2-6-13-21)15-20(18)11-7-10-16-8-3-1-4-9-16/h1,3-4,8-9,17,19H,2,5-7,10-15H2. The first-order chi connectivity index (χ1) is 12.0. The van der Waals surface area contributed by atoms with E-state index in [1.54, 1.807) is 4.90 Å². The molecule has 6 nitrogen and oxygen atoms in total. The number of likely N-dealkylation sites (tertiary alicyclic amines) is 1. The lowest BCUT2D eigenvalue weighted by molar-refractivity contribution is -0.127. The van der Waals surface area contributed by atoms with Gasteiger partial charge in [-0.05, 0) is 31.2 Å². The number of hydrogen-bond donors (Lipinski definition) is 1. The van der Waals surface area contributed by atoms with E-state index in [1.165, 1.54) is 9.87 Å². The van der Waals surface area contributed by atoms with Crippen LogP contribution in [0, 0.1) is 0 Å². The molecule has 7 heteroatoms. The molecule has 0 spiro atoms. The topological polar surface area (TPSA) is 69.7 Å². The van der Waals surface area contributed by atoms with Gasteiger partial charge in [0.05, 0.1) is 0 Å². The van der Waals surface area contributed by atoms with Crippen molar-refractivity contribution in [2.45, 2.75) is 44.6 Å². The van der Waals surface area contributed by atoms with Crippen molar-refractivity contribution < 1.29 is 13.2 Å². The van der Waals surface area contributed by atoms with Crippen LogP contribution in [0.1, 0.15) is 37.7 Å². The minimum atomic E-state index is -3.47. The van der Waals surface area contributed by atoms with Crippen molar-refractivity contribution in [1.82, 2.24) is 13.9 Å². The third-order valence-corrected chi connectivity index (χ3v) is 6.60. The number of piperidine rings is 1. The Labute approximate surface area is 150 Å². The van der Waals surface area contributed by atoms with Crippen LogP contribution in [0.2, 0.25) is 0 Å². The van der Waals surface area contributed by atoms with Gasteiger partial charge in [-0.25, -0.2) is 0 Å². The summed E-state index contributed by atoms with van der Waals surface area (Å²) in [7, 11) is -3.47. The molecule has 3 rings (SSSR count). The summed E-state index contributed by atoms with van der Waals surface area (Å²) in [5.74, 6) is 0.0411. The summed E-state index contributed by atoms with van der Waals surface area (Å²) in [6, 6.07) is 9.88. The molecule has 0 bridgehead atoms. The molecule has 2 aliphatic heterocycles. The molecule has 1 atom stereocenters. The van der Waals surface area contributed by atoms with Crippen molar-refractivity contribution in [2.24, 2.45) is 0 Å². The summed E-state index contributed by atoms with van der Waals surface area (Å²) in [4.78, 5) is 14.0. The summed E-state index contributed by atoms with van der Waals surface area (Å²) in [6.07, 6.45) is 4.99. The van der Waals surface area contributed by atoms with E-state index in [2.05, 4.69) is 16.9 Å². The van der Waals surface area contributed by atoms with Gasteiger partial charge in [0, 0.05) is 38.6 Å². The summed E-state index contributed by atoms with van der Waals surface area (Å²) in [6.45, 7) is 2.31. The number of hydrogen-bond acceptors (Lipinski definition) is 3. The Hall–Kier alpha value is -1.44. The molecule has 1 amide bonds. The number of nitrogens with zero attached hydrogens (tertiary/aromatic N) is 2. The van der Waals surface area contributed by atoms with E-state index in [0.29, 0.717) is 26.2 Å². The van der Waals surface area contributed by atoms with Crippen molar-refractivity contribution in [3.8, 4) is 0 Å². The molecule has 1 N–H and O–H groups in total. The molecule has 138 valence electrons. The van der Waals surface area contributed by atoms with Gasteiger partial charge in [0.2, 0.25) is 5.91 Å². The molecule has 2 saturated heterocycles. The minimum absolute atomic E-state index is 0.0411. The Balaban J connectivity index is 1.47. The van der Waals surface area contributed by atoms with Gasteiger partial charge in [0.1, 0.15) is 0 Å². The first kappa shape index (κ1) is 18.4. The smallest absolute Gasteiger partial charge is 0.279 e. The van der Waals surface area contributed by atoms with Crippen molar-refractivity contribution in [3.63, 3.8) is 0 Å². The van der Waals surface area contributed by atoms with E-state index in [9.17, 15) is 13.2 Å². The van der Waals surface area contributed by atoms with Gasteiger partial charge in [-0.1, -0.05) is 36.8 Å². The van der Waals surface area contributed by atoms with Gasteiger partial charge < -0.3 is 4.90 Å². The normalized spacial score (nSPS) is 22.5. The van der Waals surface area contributed by atoms with Crippen LogP contribution in [0.5, 0.6) is 0 Å². The van der Waals surface area contributed by atoms with Crippen LogP contribution in [0.4, 0.5) is 0 Å². The van der Waals surface area contributed by atoms with E-state index < -0.39 is 10.2 Å². The highest BCUT2D eigenvalue weighted by Gasteiger charge is 2.34. The van der Waals surface area contributed by atoms with Gasteiger partial charge in [0.25, 0.3) is 10.2 Å². The Morgan fingerprint density at radius 1 is 1.08 bits per heavy atom. The van der Waals surface area contributed by atoms with Crippen LogP contribution in [-0.2, 0) is 21.4 Å². The molecule has 0 aromatic heterocycles. The quantitative estimate of drug-likeness (QED) is 0.797. The maximum Gasteiger partial charge on any atom is 0.279 e. The van der Waals surface area contributed by atoms with E-state index >= 15 is 0 Å². The Kier molecular flexibility index (Phi) is 6.09. The fourth-order valence-electron chi connectivity index (χ4n) is 3.58. The van der Waals surface area contributed by atoms with Gasteiger partial charge in [-0.2, -0.15) is 17.4 Å². The van der Waals surface area contributed by atoms with Crippen molar-refractivity contribution in [2.75, 3.05) is 26.2 Å². The van der Waals surface area contributed by atoms with Gasteiger partial charge in [0.15, 0.2) is 0 Å². The van der Waals surface area contributed by atoms with E-state index in [-0.39, 0.29) is 18.4 Å². The number of aryl methyl sites for hydroxylation is 1. The van der Waals surface area contributed by atoms with Gasteiger partial charge in [-0.15, -0.1) is 0 Å².